The van der Waals surface area contributed by atoms with Gasteiger partial charge in [-0.15, -0.1) is 0 Å². The van der Waals surface area contributed by atoms with Gasteiger partial charge in [0.05, 0.1) is 190 Å². The maximum atomic E-state index is 12.5. The summed E-state index contributed by atoms with van der Waals surface area (Å²) in [6.45, 7) is 23.8. The van der Waals surface area contributed by atoms with Crippen LogP contribution in [-0.4, -0.2) is 249 Å². The van der Waals surface area contributed by atoms with E-state index in [1.54, 1.807) is 14.2 Å². The van der Waals surface area contributed by atoms with Crippen LogP contribution in [0, 0.1) is 5.41 Å². The van der Waals surface area contributed by atoms with E-state index in [0.29, 0.717) is 210 Å². The molecular formula is C52H96N2O19. The first kappa shape index (κ1) is 68.5. The number of nitrogens with one attached hydrogen (secondary N) is 1. The van der Waals surface area contributed by atoms with Gasteiger partial charge in [-0.05, 0) is 76.3 Å². The molecular weight excluding hydrogens is 957 g/mol. The Labute approximate surface area is 437 Å². The predicted octanol–water partition coefficient (Wildman–Crippen LogP) is 3.88. The van der Waals surface area contributed by atoms with Crippen LogP contribution in [0.25, 0.3) is 0 Å². The Kier molecular flexibility index (Phi) is 49.6. The number of aryl methyl sites for hydroxylation is 1. The van der Waals surface area contributed by atoms with E-state index >= 15 is 0 Å². The first-order chi connectivity index (χ1) is 35.8. The molecule has 21 heteroatoms. The van der Waals surface area contributed by atoms with Gasteiger partial charge < -0.3 is 90.7 Å². The highest BCUT2D eigenvalue weighted by Crippen LogP contribution is 2.21. The van der Waals surface area contributed by atoms with Crippen molar-refractivity contribution in [1.82, 2.24) is 4.90 Å². The van der Waals surface area contributed by atoms with Gasteiger partial charge in [0.15, 0.2) is 0 Å². The van der Waals surface area contributed by atoms with Crippen molar-refractivity contribution in [2.45, 2.75) is 53.1 Å². The van der Waals surface area contributed by atoms with Crippen LogP contribution in [-0.2, 0) is 103 Å². The summed E-state index contributed by atoms with van der Waals surface area (Å²) in [7, 11) is 3.29. The number of esters is 1. The van der Waals surface area contributed by atoms with Crippen LogP contribution in [0.15, 0.2) is 18.2 Å². The highest BCUT2D eigenvalue weighted by Gasteiger charge is 2.23. The van der Waals surface area contributed by atoms with Crippen molar-refractivity contribution in [3.8, 4) is 0 Å². The van der Waals surface area contributed by atoms with Crippen molar-refractivity contribution in [3.63, 3.8) is 0 Å². The van der Waals surface area contributed by atoms with Gasteiger partial charge in [0.1, 0.15) is 6.61 Å². The third-order valence-corrected chi connectivity index (χ3v) is 10.2. The number of benzene rings is 1. The van der Waals surface area contributed by atoms with Crippen molar-refractivity contribution in [2.24, 2.45) is 5.41 Å². The second-order valence-corrected chi connectivity index (χ2v) is 17.3. The predicted molar refractivity (Wildman–Crippen MR) is 275 cm³/mol. The molecule has 428 valence electrons. The molecule has 0 spiro atoms. The van der Waals surface area contributed by atoms with E-state index in [-0.39, 0.29) is 12.6 Å². The highest BCUT2D eigenvalue weighted by molar-refractivity contribution is 5.75. The Balaban J connectivity index is 2.27. The van der Waals surface area contributed by atoms with Gasteiger partial charge in [0.25, 0.3) is 0 Å². The van der Waals surface area contributed by atoms with E-state index in [1.165, 1.54) is 0 Å². The lowest BCUT2D eigenvalue weighted by atomic mass is 9.97. The summed E-state index contributed by atoms with van der Waals surface area (Å²) < 4.78 is 93.5. The van der Waals surface area contributed by atoms with Crippen molar-refractivity contribution in [2.75, 3.05) is 237 Å². The molecule has 1 N–H and O–H groups in total. The quantitative estimate of drug-likeness (QED) is 0.0558. The molecule has 0 aliphatic heterocycles. The van der Waals surface area contributed by atoms with Crippen molar-refractivity contribution in [3.05, 3.63) is 29.3 Å². The molecule has 73 heavy (non-hydrogen) atoms. The first-order valence-corrected chi connectivity index (χ1v) is 26.1. The van der Waals surface area contributed by atoms with Gasteiger partial charge in [-0.25, -0.2) is 0 Å². The number of ether oxygens (including phenoxy) is 17. The summed E-state index contributed by atoms with van der Waals surface area (Å²) in [6, 6.07) is 5.69. The highest BCUT2D eigenvalue weighted by atomic mass is 16.6. The Morgan fingerprint density at radius 3 is 1.04 bits per heavy atom. The zero-order chi connectivity index (χ0) is 52.8. The number of carbonyl (C=O) groups excluding carboxylic acids is 2. The summed E-state index contributed by atoms with van der Waals surface area (Å²) in [5.41, 5.74) is 2.05. The molecule has 0 atom stereocenters. The lowest BCUT2D eigenvalue weighted by Gasteiger charge is -2.23. The Hall–Kier alpha value is -2.52. The third-order valence-electron chi connectivity index (χ3n) is 10.2. The third kappa shape index (κ3) is 46.5. The number of anilines is 1. The molecule has 0 unspecified atom stereocenters. The molecule has 0 aromatic heterocycles. The molecule has 0 aliphatic rings. The van der Waals surface area contributed by atoms with Crippen LogP contribution in [0.5, 0.6) is 0 Å². The van der Waals surface area contributed by atoms with Gasteiger partial charge in [0.2, 0.25) is 6.41 Å². The molecule has 0 saturated heterocycles. The average Bonchev–Trinajstić information content (AvgIpc) is 3.38. The molecule has 1 rings (SSSR count). The second-order valence-electron chi connectivity index (χ2n) is 17.3. The van der Waals surface area contributed by atoms with E-state index in [0.717, 1.165) is 56.4 Å². The van der Waals surface area contributed by atoms with Crippen LogP contribution >= 0.6 is 0 Å². The van der Waals surface area contributed by atoms with E-state index in [2.05, 4.69) is 10.2 Å². The van der Waals surface area contributed by atoms with Gasteiger partial charge in [0, 0.05) is 46.2 Å². The molecule has 1 aromatic rings. The topological polar surface area (TPSA) is 206 Å². The summed E-state index contributed by atoms with van der Waals surface area (Å²) in [4.78, 5) is 26.2. The number of hydrogen-bond donors (Lipinski definition) is 1. The number of methoxy groups -OCH3 is 2. The fraction of sp³-hybridized carbons (Fsp3) is 0.846. The Morgan fingerprint density at radius 2 is 0.740 bits per heavy atom. The molecule has 0 fully saturated rings. The SMILES string of the molecule is COCCOCCOCCOCCOCCOCCOCCOCCCN(CCCOCCOCCOCCOCCOCCOCCOCCOC)CCCc1cc(NC=O)ccc1COC(=O)C(C)(C)C. The van der Waals surface area contributed by atoms with E-state index in [4.69, 9.17) is 80.5 Å². The number of rotatable bonds is 58. The van der Waals surface area contributed by atoms with Crippen LogP contribution in [0.1, 0.15) is 51.2 Å². The molecule has 0 aliphatic carbocycles. The zero-order valence-electron chi connectivity index (χ0n) is 45.4. The fourth-order valence-electron chi connectivity index (χ4n) is 6.25. The van der Waals surface area contributed by atoms with E-state index < -0.39 is 5.41 Å². The lowest BCUT2D eigenvalue weighted by Crippen LogP contribution is -2.29. The first-order valence-electron chi connectivity index (χ1n) is 26.1. The summed E-state index contributed by atoms with van der Waals surface area (Å²) in [5.74, 6) is -0.262. The Morgan fingerprint density at radius 1 is 0.438 bits per heavy atom. The van der Waals surface area contributed by atoms with E-state index in [9.17, 15) is 9.59 Å². The maximum absolute atomic E-state index is 12.5. The number of carbonyl (C=O) groups is 2. The number of hydrogen-bond acceptors (Lipinski definition) is 20. The van der Waals surface area contributed by atoms with Crippen molar-refractivity contribution < 1.29 is 90.1 Å². The van der Waals surface area contributed by atoms with Gasteiger partial charge >= 0.3 is 5.97 Å². The zero-order valence-corrected chi connectivity index (χ0v) is 45.4. The molecule has 1 aromatic carbocycles. The van der Waals surface area contributed by atoms with Crippen LogP contribution in [0.4, 0.5) is 5.69 Å². The van der Waals surface area contributed by atoms with Gasteiger partial charge in [-0.1, -0.05) is 6.07 Å². The average molecular weight is 1050 g/mol. The minimum atomic E-state index is -0.602. The second kappa shape index (κ2) is 52.9. The van der Waals surface area contributed by atoms with Gasteiger partial charge in [-0.3, -0.25) is 9.59 Å². The smallest absolute Gasteiger partial charge is 0.311 e. The van der Waals surface area contributed by atoms with Crippen LogP contribution in [0.3, 0.4) is 0 Å². The van der Waals surface area contributed by atoms with Crippen molar-refractivity contribution in [1.29, 1.82) is 0 Å². The number of nitrogens with zero attached hydrogens (tertiary/aromatic N) is 1. The summed E-state index contributed by atoms with van der Waals surface area (Å²) in [6.07, 6.45) is 4.00. The van der Waals surface area contributed by atoms with Crippen molar-refractivity contribution >= 4 is 18.1 Å². The molecule has 1 amide bonds. The summed E-state index contributed by atoms with van der Waals surface area (Å²) in [5, 5.41) is 2.74. The fourth-order valence-corrected chi connectivity index (χ4v) is 6.25. The minimum absolute atomic E-state index is 0.174. The molecule has 0 saturated carbocycles. The molecule has 0 radical (unpaired) electrons. The minimum Gasteiger partial charge on any atom is -0.460 e. The molecule has 21 nitrogen and oxygen atoms in total. The maximum Gasteiger partial charge on any atom is 0.311 e. The summed E-state index contributed by atoms with van der Waals surface area (Å²) >= 11 is 0. The van der Waals surface area contributed by atoms with E-state index in [1.807, 2.05) is 39.0 Å². The van der Waals surface area contributed by atoms with Crippen LogP contribution in [0.2, 0.25) is 0 Å². The van der Waals surface area contributed by atoms with Gasteiger partial charge in [-0.2, -0.15) is 0 Å². The normalized spacial score (nSPS) is 11.8. The standard InChI is InChI=1S/C52H96N2O19/c1-52(2,3)51(56)73-46-49-10-11-50(53-47-55)45-48(49)9-6-12-54(13-7-15-59-21-23-63-29-31-67-37-39-71-43-41-69-35-33-65-27-25-61-19-17-57-4)14-8-16-60-22-24-64-30-32-68-38-40-72-44-42-70-36-34-66-28-26-62-20-18-58-5/h10-11,45,47H,6-9,12-44,46H2,1-5H3,(H,53,55). The lowest BCUT2D eigenvalue weighted by molar-refractivity contribution is -0.154. The molecule has 0 bridgehead atoms. The Bertz CT molecular complexity index is 1300. The molecule has 0 heterocycles. The van der Waals surface area contributed by atoms with Crippen LogP contribution < -0.4 is 5.32 Å². The largest absolute Gasteiger partial charge is 0.460 e. The monoisotopic (exact) mass is 1050 g/mol. The number of amides is 1.